The van der Waals surface area contributed by atoms with E-state index in [2.05, 4.69) is 22.2 Å². The molecule has 1 aromatic carbocycles. The number of rotatable bonds is 6. The molecule has 0 bridgehead atoms. The van der Waals surface area contributed by atoms with Crippen molar-refractivity contribution in [3.63, 3.8) is 0 Å². The van der Waals surface area contributed by atoms with Gasteiger partial charge in [0.15, 0.2) is 5.16 Å². The molecule has 3 rings (SSSR count). The van der Waals surface area contributed by atoms with Gasteiger partial charge in [0.25, 0.3) is 5.56 Å². The fourth-order valence-corrected chi connectivity index (χ4v) is 4.06. The van der Waals surface area contributed by atoms with E-state index in [1.165, 1.54) is 11.8 Å². The molecule has 0 amide bonds. The minimum absolute atomic E-state index is 0.242. The van der Waals surface area contributed by atoms with Gasteiger partial charge in [-0.05, 0) is 39.7 Å². The first-order chi connectivity index (χ1) is 13.8. The molecule has 0 spiro atoms. The van der Waals surface area contributed by atoms with Crippen LogP contribution in [0.1, 0.15) is 56.7 Å². The Bertz CT molecular complexity index is 993. The zero-order valence-corrected chi connectivity index (χ0v) is 18.3. The van der Waals surface area contributed by atoms with Crippen LogP contribution in [0.2, 0.25) is 0 Å². The maximum absolute atomic E-state index is 13.1. The molecule has 1 unspecified atom stereocenters. The highest BCUT2D eigenvalue weighted by Crippen LogP contribution is 2.40. The number of allylic oxidation sites excluding steroid dienone is 1. The predicted molar refractivity (Wildman–Crippen MR) is 116 cm³/mol. The van der Waals surface area contributed by atoms with Crippen LogP contribution >= 0.6 is 11.8 Å². The molecule has 0 saturated heterocycles. The van der Waals surface area contributed by atoms with Crippen LogP contribution < -0.4 is 10.9 Å². The van der Waals surface area contributed by atoms with Gasteiger partial charge in [0.2, 0.25) is 0 Å². The van der Waals surface area contributed by atoms with Crippen molar-refractivity contribution in [3.8, 4) is 0 Å². The smallest absolute Gasteiger partial charge is 0.337 e. The Balaban J connectivity index is 2.17. The minimum Gasteiger partial charge on any atom is -0.460 e. The molecule has 29 heavy (non-hydrogen) atoms. The van der Waals surface area contributed by atoms with E-state index >= 15 is 0 Å². The van der Waals surface area contributed by atoms with Crippen molar-refractivity contribution in [2.75, 3.05) is 11.1 Å². The van der Waals surface area contributed by atoms with E-state index in [4.69, 9.17) is 4.74 Å². The highest BCUT2D eigenvalue weighted by Gasteiger charge is 2.36. The summed E-state index contributed by atoms with van der Waals surface area (Å²) < 4.78 is 5.49. The Morgan fingerprint density at radius 1 is 1.24 bits per heavy atom. The molecule has 0 radical (unpaired) electrons. The van der Waals surface area contributed by atoms with Crippen molar-refractivity contribution >= 4 is 23.5 Å². The standard InChI is InChI=1S/C22H27N3O3S/c1-6-11-29-22-24-19-18(20(26)25-22)17(15-9-7-13(4)8-10-15)16(14(5)23-19)21(27)28-12(2)3/h7-10,12,17H,6,11H2,1-5H3,(H2,23,24,25,26). The summed E-state index contributed by atoms with van der Waals surface area (Å²) in [7, 11) is 0. The third kappa shape index (κ3) is 4.56. The van der Waals surface area contributed by atoms with Gasteiger partial charge in [-0.15, -0.1) is 0 Å². The number of hydrogen-bond donors (Lipinski definition) is 2. The molecular weight excluding hydrogens is 386 g/mol. The number of aryl methyl sites for hydroxylation is 1. The normalized spacial score (nSPS) is 15.9. The Morgan fingerprint density at radius 3 is 2.55 bits per heavy atom. The summed E-state index contributed by atoms with van der Waals surface area (Å²) in [4.78, 5) is 33.5. The van der Waals surface area contributed by atoms with Crippen molar-refractivity contribution < 1.29 is 9.53 Å². The first kappa shape index (κ1) is 21.2. The zero-order valence-electron chi connectivity index (χ0n) is 17.5. The summed E-state index contributed by atoms with van der Waals surface area (Å²) in [6.45, 7) is 9.52. The van der Waals surface area contributed by atoms with E-state index in [0.29, 0.717) is 27.8 Å². The number of fused-ring (bicyclic) bond motifs is 1. The summed E-state index contributed by atoms with van der Waals surface area (Å²) in [5.74, 6) is 0.394. The third-order valence-corrected chi connectivity index (χ3v) is 5.72. The number of H-pyrrole nitrogens is 1. The van der Waals surface area contributed by atoms with Gasteiger partial charge < -0.3 is 15.0 Å². The molecular formula is C22H27N3O3S. The lowest BCUT2D eigenvalue weighted by Crippen LogP contribution is -2.31. The molecule has 154 valence electrons. The predicted octanol–water partition coefficient (Wildman–Crippen LogP) is 4.36. The van der Waals surface area contributed by atoms with Crippen LogP contribution in [-0.2, 0) is 9.53 Å². The molecule has 0 saturated carbocycles. The number of hydrogen-bond acceptors (Lipinski definition) is 6. The van der Waals surface area contributed by atoms with Crippen LogP contribution in [0.5, 0.6) is 0 Å². The number of esters is 1. The SMILES string of the molecule is CCCSc1nc2c(c(=O)[nH]1)C(c1ccc(C)cc1)C(C(=O)OC(C)C)=C(C)N2. The Kier molecular flexibility index (Phi) is 6.47. The number of ether oxygens (including phenoxy) is 1. The third-order valence-electron chi connectivity index (χ3n) is 4.64. The highest BCUT2D eigenvalue weighted by atomic mass is 32.2. The van der Waals surface area contributed by atoms with Crippen molar-refractivity contribution in [1.29, 1.82) is 0 Å². The molecule has 1 aliphatic heterocycles. The molecule has 2 N–H and O–H groups in total. The van der Waals surface area contributed by atoms with Crippen molar-refractivity contribution in [2.45, 2.75) is 58.2 Å². The van der Waals surface area contributed by atoms with E-state index in [1.54, 1.807) is 0 Å². The second-order valence-corrected chi connectivity index (χ2v) is 8.53. The first-order valence-electron chi connectivity index (χ1n) is 9.84. The lowest BCUT2D eigenvalue weighted by Gasteiger charge is -2.29. The van der Waals surface area contributed by atoms with E-state index in [-0.39, 0.29) is 11.7 Å². The summed E-state index contributed by atoms with van der Waals surface area (Å²) in [6, 6.07) is 7.85. The van der Waals surface area contributed by atoms with Gasteiger partial charge in [0.05, 0.1) is 23.2 Å². The van der Waals surface area contributed by atoms with Crippen molar-refractivity contribution in [3.05, 3.63) is 62.6 Å². The largest absolute Gasteiger partial charge is 0.460 e. The number of carbonyl (C=O) groups is 1. The Morgan fingerprint density at radius 2 is 1.93 bits per heavy atom. The van der Waals surface area contributed by atoms with Gasteiger partial charge in [-0.1, -0.05) is 48.5 Å². The van der Waals surface area contributed by atoms with Gasteiger partial charge in [-0.3, -0.25) is 4.79 Å². The summed E-state index contributed by atoms with van der Waals surface area (Å²) in [6.07, 6.45) is 0.724. The number of nitrogens with one attached hydrogen (secondary N) is 2. The van der Waals surface area contributed by atoms with E-state index in [9.17, 15) is 9.59 Å². The number of aromatic nitrogens is 2. The molecule has 0 fully saturated rings. The highest BCUT2D eigenvalue weighted by molar-refractivity contribution is 7.99. The van der Waals surface area contributed by atoms with Crippen molar-refractivity contribution in [2.24, 2.45) is 0 Å². The minimum atomic E-state index is -0.542. The molecule has 1 aliphatic rings. The quantitative estimate of drug-likeness (QED) is 0.416. The van der Waals surface area contributed by atoms with Crippen LogP contribution in [0, 0.1) is 6.92 Å². The topological polar surface area (TPSA) is 84.1 Å². The molecule has 1 atom stereocenters. The van der Waals surface area contributed by atoms with Gasteiger partial charge in [0.1, 0.15) is 5.82 Å². The molecule has 6 nitrogen and oxygen atoms in total. The number of anilines is 1. The maximum atomic E-state index is 13.1. The summed E-state index contributed by atoms with van der Waals surface area (Å²) in [5.41, 5.74) is 3.25. The van der Waals surface area contributed by atoms with Crippen LogP contribution in [0.3, 0.4) is 0 Å². The Hall–Kier alpha value is -2.54. The lowest BCUT2D eigenvalue weighted by molar-refractivity contribution is -0.143. The number of carbonyl (C=O) groups excluding carboxylic acids is 1. The number of nitrogens with zero attached hydrogens (tertiary/aromatic N) is 1. The first-order valence-corrected chi connectivity index (χ1v) is 10.8. The van der Waals surface area contributed by atoms with Crippen LogP contribution in [-0.4, -0.2) is 27.8 Å². The van der Waals surface area contributed by atoms with Gasteiger partial charge in [-0.25, -0.2) is 9.78 Å². The van der Waals surface area contributed by atoms with E-state index in [0.717, 1.165) is 23.3 Å². The summed E-state index contributed by atoms with van der Waals surface area (Å²) in [5, 5.41) is 3.74. The van der Waals surface area contributed by atoms with Gasteiger partial charge >= 0.3 is 5.97 Å². The second-order valence-electron chi connectivity index (χ2n) is 7.44. The van der Waals surface area contributed by atoms with Gasteiger partial charge in [-0.2, -0.15) is 0 Å². The number of benzene rings is 1. The van der Waals surface area contributed by atoms with Crippen LogP contribution in [0.15, 0.2) is 45.5 Å². The van der Waals surface area contributed by atoms with E-state index < -0.39 is 11.9 Å². The molecule has 2 aromatic rings. The summed E-state index contributed by atoms with van der Waals surface area (Å²) >= 11 is 1.51. The lowest BCUT2D eigenvalue weighted by atomic mass is 9.82. The van der Waals surface area contributed by atoms with Crippen LogP contribution in [0.4, 0.5) is 5.82 Å². The fourth-order valence-electron chi connectivity index (χ4n) is 3.34. The van der Waals surface area contributed by atoms with Gasteiger partial charge in [0, 0.05) is 11.4 Å². The molecule has 7 heteroatoms. The average Bonchev–Trinajstić information content (AvgIpc) is 2.65. The number of aromatic amines is 1. The molecule has 1 aromatic heterocycles. The van der Waals surface area contributed by atoms with Crippen LogP contribution in [0.25, 0.3) is 0 Å². The zero-order chi connectivity index (χ0) is 21.1. The van der Waals surface area contributed by atoms with E-state index in [1.807, 2.05) is 52.0 Å². The Labute approximate surface area is 175 Å². The fraction of sp³-hybridized carbons (Fsp3) is 0.409. The maximum Gasteiger partial charge on any atom is 0.337 e. The molecule has 2 heterocycles. The second kappa shape index (κ2) is 8.86. The number of thioether (sulfide) groups is 1. The molecule has 0 aliphatic carbocycles. The average molecular weight is 414 g/mol. The van der Waals surface area contributed by atoms with Crippen molar-refractivity contribution in [1.82, 2.24) is 9.97 Å². The monoisotopic (exact) mass is 413 g/mol.